The highest BCUT2D eigenvalue weighted by Crippen LogP contribution is 2.52. The first kappa shape index (κ1) is 31.2. The molecule has 5 nitrogen and oxygen atoms in total. The lowest BCUT2D eigenvalue weighted by molar-refractivity contribution is -0.137. The zero-order chi connectivity index (χ0) is 32.1. The van der Waals surface area contributed by atoms with E-state index >= 15 is 0 Å². The Kier molecular flexibility index (Phi) is 8.06. The Hall–Kier alpha value is -4.22. The number of hydrogen-bond acceptors (Lipinski definition) is 5. The Morgan fingerprint density at radius 2 is 1.73 bits per heavy atom. The number of rotatable bonds is 5. The summed E-state index contributed by atoms with van der Waals surface area (Å²) in [4.78, 5) is 15.4. The number of halogens is 4. The number of ether oxygens (including phenoxy) is 1. The minimum absolute atomic E-state index is 0.0154. The number of carbonyl (C=O) groups is 1. The molecule has 3 aromatic rings. The minimum Gasteiger partial charge on any atom is -0.489 e. The van der Waals surface area contributed by atoms with E-state index in [-0.39, 0.29) is 40.9 Å². The molecule has 1 aliphatic heterocycles. The summed E-state index contributed by atoms with van der Waals surface area (Å²) in [6.07, 6.45) is -4.09. The number of carbonyl (C=O) groups excluding carboxylic acids is 1. The van der Waals surface area contributed by atoms with Crippen LogP contribution in [-0.4, -0.2) is 5.78 Å². The van der Waals surface area contributed by atoms with E-state index < -0.39 is 23.1 Å². The summed E-state index contributed by atoms with van der Waals surface area (Å²) >= 11 is 6.50. The zero-order valence-electron chi connectivity index (χ0n) is 25.2. The summed E-state index contributed by atoms with van der Waals surface area (Å²) < 4.78 is 47.4. The van der Waals surface area contributed by atoms with Crippen LogP contribution in [0.25, 0.3) is 0 Å². The molecule has 0 aromatic heterocycles. The molecule has 0 fully saturated rings. The van der Waals surface area contributed by atoms with Crippen LogP contribution in [0.4, 0.5) is 18.9 Å². The lowest BCUT2D eigenvalue weighted by atomic mass is 9.68. The maximum atomic E-state index is 14.0. The molecular formula is C35H33ClF3N3O2. The molecule has 0 bridgehead atoms. The van der Waals surface area contributed by atoms with Crippen LogP contribution in [0.15, 0.2) is 77.3 Å². The molecule has 1 aliphatic carbocycles. The Bertz CT molecular complexity index is 1770. The van der Waals surface area contributed by atoms with Crippen molar-refractivity contribution in [3.8, 4) is 11.8 Å². The number of aryl methyl sites for hydroxylation is 2. The fourth-order valence-corrected chi connectivity index (χ4v) is 6.37. The average Bonchev–Trinajstić information content (AvgIpc) is 2.93. The largest absolute Gasteiger partial charge is 0.489 e. The van der Waals surface area contributed by atoms with Gasteiger partial charge in [-0.25, -0.2) is 0 Å². The molecule has 2 aliphatic rings. The lowest BCUT2D eigenvalue weighted by Crippen LogP contribution is -2.42. The van der Waals surface area contributed by atoms with Crippen molar-refractivity contribution >= 4 is 23.1 Å². The number of nitrogens with zero attached hydrogens (tertiary/aromatic N) is 2. The van der Waals surface area contributed by atoms with Crippen LogP contribution < -0.4 is 15.4 Å². The number of nitrogens with two attached hydrogens (primary N) is 1. The Morgan fingerprint density at radius 3 is 2.36 bits per heavy atom. The molecule has 3 aromatic carbocycles. The lowest BCUT2D eigenvalue weighted by Gasteiger charge is -2.44. The molecule has 1 unspecified atom stereocenters. The third kappa shape index (κ3) is 5.81. The number of alkyl halides is 3. The van der Waals surface area contributed by atoms with Gasteiger partial charge in [0.2, 0.25) is 0 Å². The van der Waals surface area contributed by atoms with E-state index in [1.165, 1.54) is 4.90 Å². The van der Waals surface area contributed by atoms with Gasteiger partial charge in [-0.05, 0) is 79.6 Å². The van der Waals surface area contributed by atoms with Gasteiger partial charge in [-0.2, -0.15) is 18.4 Å². The third-order valence-electron chi connectivity index (χ3n) is 8.32. The van der Waals surface area contributed by atoms with E-state index in [9.17, 15) is 23.2 Å². The van der Waals surface area contributed by atoms with Crippen molar-refractivity contribution in [3.05, 3.63) is 116 Å². The predicted octanol–water partition coefficient (Wildman–Crippen LogP) is 8.80. The van der Waals surface area contributed by atoms with Crippen LogP contribution in [-0.2, 0) is 17.6 Å². The van der Waals surface area contributed by atoms with E-state index in [1.54, 1.807) is 0 Å². The van der Waals surface area contributed by atoms with Gasteiger partial charge >= 0.3 is 6.18 Å². The van der Waals surface area contributed by atoms with Crippen LogP contribution in [0.2, 0.25) is 5.02 Å². The number of Topliss-reactive ketones (excluding diaryl/α,β-unsaturated/α-hetero) is 1. The van der Waals surface area contributed by atoms with Crippen LogP contribution >= 0.6 is 11.6 Å². The van der Waals surface area contributed by atoms with E-state index in [0.29, 0.717) is 23.4 Å². The van der Waals surface area contributed by atoms with Crippen LogP contribution in [0.1, 0.15) is 66.0 Å². The fourth-order valence-electron chi connectivity index (χ4n) is 6.16. The predicted molar refractivity (Wildman–Crippen MR) is 165 cm³/mol. The zero-order valence-corrected chi connectivity index (χ0v) is 26.0. The second kappa shape index (κ2) is 11.4. The summed E-state index contributed by atoms with van der Waals surface area (Å²) in [5, 5.41) is 10.5. The van der Waals surface area contributed by atoms with E-state index in [2.05, 4.69) is 6.07 Å². The first-order chi connectivity index (χ1) is 20.6. The van der Waals surface area contributed by atoms with Gasteiger partial charge in [0.1, 0.15) is 18.2 Å². The number of anilines is 1. The molecule has 228 valence electrons. The highest BCUT2D eigenvalue weighted by molar-refractivity contribution is 6.33. The van der Waals surface area contributed by atoms with Gasteiger partial charge in [0.15, 0.2) is 5.78 Å². The summed E-state index contributed by atoms with van der Waals surface area (Å²) in [5.74, 6) is -0.340. The number of hydrogen-bond donors (Lipinski definition) is 1. The summed E-state index contributed by atoms with van der Waals surface area (Å²) in [7, 11) is 0. The number of allylic oxidation sites excluding steroid dienone is 3. The Labute approximate surface area is 260 Å². The standard InChI is InChI=1S/C35H33ClF3N3O2/c1-19-6-9-24(10-7-19)44-18-22-12-20(2)13-25(21(22)3)31-26(17-40)33(41)42(29-15-34(4,5)16-30(43)32(29)31)28-14-23(35(37,38)39)8-11-27(28)36/h6-14,31H,15-16,18,41H2,1-5H3. The van der Waals surface area contributed by atoms with Crippen molar-refractivity contribution in [2.24, 2.45) is 11.1 Å². The molecule has 0 saturated heterocycles. The number of ketones is 1. The number of benzene rings is 3. The van der Waals surface area contributed by atoms with Gasteiger partial charge in [0, 0.05) is 17.7 Å². The van der Waals surface area contributed by atoms with Crippen molar-refractivity contribution in [1.82, 2.24) is 0 Å². The second-order valence-corrected chi connectivity index (χ2v) is 12.8. The molecule has 0 amide bonds. The van der Waals surface area contributed by atoms with E-state index in [0.717, 1.165) is 46.0 Å². The van der Waals surface area contributed by atoms with Gasteiger partial charge in [-0.3, -0.25) is 9.69 Å². The Morgan fingerprint density at radius 1 is 1.05 bits per heavy atom. The molecule has 1 atom stereocenters. The smallest absolute Gasteiger partial charge is 0.416 e. The van der Waals surface area contributed by atoms with Crippen LogP contribution in [0.3, 0.4) is 0 Å². The molecule has 5 rings (SSSR count). The third-order valence-corrected chi connectivity index (χ3v) is 8.64. The highest BCUT2D eigenvalue weighted by Gasteiger charge is 2.46. The maximum absolute atomic E-state index is 14.0. The monoisotopic (exact) mass is 619 g/mol. The van der Waals surface area contributed by atoms with Gasteiger partial charge in [0.05, 0.1) is 33.8 Å². The second-order valence-electron chi connectivity index (χ2n) is 12.4. The molecule has 9 heteroatoms. The first-order valence-electron chi connectivity index (χ1n) is 14.2. The molecule has 0 saturated carbocycles. The normalized spacial score (nSPS) is 18.3. The van der Waals surface area contributed by atoms with Crippen molar-refractivity contribution < 1.29 is 22.7 Å². The van der Waals surface area contributed by atoms with E-state index in [1.807, 2.05) is 71.0 Å². The highest BCUT2D eigenvalue weighted by atomic mass is 35.5. The first-order valence-corrected chi connectivity index (χ1v) is 14.6. The summed E-state index contributed by atoms with van der Waals surface area (Å²) in [5.41, 5.74) is 10.6. The molecular weight excluding hydrogens is 587 g/mol. The van der Waals surface area contributed by atoms with Crippen LogP contribution in [0, 0.1) is 37.5 Å². The summed E-state index contributed by atoms with van der Waals surface area (Å²) in [6, 6.07) is 16.8. The molecule has 0 spiro atoms. The molecule has 1 heterocycles. The Balaban J connectivity index is 1.70. The SMILES string of the molecule is Cc1ccc(OCc2cc(C)cc(C3C(C#N)=C(N)N(c4cc(C(F)(F)F)ccc4Cl)C4=C3C(=O)CC(C)(C)C4)c2C)cc1. The van der Waals surface area contributed by atoms with Gasteiger partial charge in [-0.15, -0.1) is 0 Å². The van der Waals surface area contributed by atoms with E-state index in [4.69, 9.17) is 22.1 Å². The maximum Gasteiger partial charge on any atom is 0.416 e. The topological polar surface area (TPSA) is 79.3 Å². The van der Waals surface area contributed by atoms with Crippen LogP contribution in [0.5, 0.6) is 5.75 Å². The van der Waals surface area contributed by atoms with Gasteiger partial charge < -0.3 is 10.5 Å². The van der Waals surface area contributed by atoms with Gasteiger partial charge in [-0.1, -0.05) is 60.8 Å². The minimum atomic E-state index is -4.64. The van der Waals surface area contributed by atoms with Crippen molar-refractivity contribution in [2.45, 2.75) is 66.2 Å². The molecule has 2 N–H and O–H groups in total. The molecule has 44 heavy (non-hydrogen) atoms. The van der Waals surface area contributed by atoms with Crippen molar-refractivity contribution in [1.29, 1.82) is 5.26 Å². The molecule has 0 radical (unpaired) electrons. The van der Waals surface area contributed by atoms with Gasteiger partial charge in [0.25, 0.3) is 0 Å². The average molecular weight is 620 g/mol. The fraction of sp³-hybridized carbons (Fsp3) is 0.314. The quantitative estimate of drug-likeness (QED) is 0.309. The summed E-state index contributed by atoms with van der Waals surface area (Å²) in [6.45, 7) is 9.95. The van der Waals surface area contributed by atoms with Crippen molar-refractivity contribution in [3.63, 3.8) is 0 Å². The number of nitriles is 1. The van der Waals surface area contributed by atoms with Crippen molar-refractivity contribution in [2.75, 3.05) is 4.90 Å².